The van der Waals surface area contributed by atoms with Crippen molar-refractivity contribution >= 4 is 0 Å². The van der Waals surface area contributed by atoms with Gasteiger partial charge in [-0.25, -0.2) is 0 Å². The van der Waals surface area contributed by atoms with Crippen LogP contribution in [0.15, 0.2) is 97.6 Å². The summed E-state index contributed by atoms with van der Waals surface area (Å²) in [6, 6.07) is 24.7. The zero-order valence-corrected chi connectivity index (χ0v) is 22.4. The number of rotatable bonds is 17. The molecule has 0 spiro atoms. The first-order valence-corrected chi connectivity index (χ1v) is 13.9. The van der Waals surface area contributed by atoms with E-state index >= 15 is 0 Å². The van der Waals surface area contributed by atoms with Crippen LogP contribution >= 0.6 is 0 Å². The second kappa shape index (κ2) is 16.4. The Morgan fingerprint density at radius 3 is 0.895 bits per heavy atom. The first-order chi connectivity index (χ1) is 18.8. The fraction of sp³-hybridized carbons (Fsp3) is 0.375. The van der Waals surface area contributed by atoms with Gasteiger partial charge < -0.3 is 9.80 Å². The maximum Gasteiger partial charge on any atom is 0.0416 e. The lowest BCUT2D eigenvalue weighted by Crippen LogP contribution is -2.32. The smallest absolute Gasteiger partial charge is 0.0416 e. The second-order valence-corrected chi connectivity index (χ2v) is 9.67. The van der Waals surface area contributed by atoms with E-state index in [0.717, 1.165) is 87.7 Å². The molecule has 0 radical (unpaired) electrons. The Labute approximate surface area is 227 Å². The van der Waals surface area contributed by atoms with Crippen LogP contribution in [0.4, 0.5) is 0 Å². The van der Waals surface area contributed by atoms with Crippen LogP contribution in [0.2, 0.25) is 0 Å². The van der Waals surface area contributed by atoms with Crippen molar-refractivity contribution in [2.45, 2.75) is 38.5 Å². The fourth-order valence-electron chi connectivity index (χ4n) is 4.62. The van der Waals surface area contributed by atoms with Crippen LogP contribution in [0, 0.1) is 0 Å². The SMILES string of the molecule is c1ccc(CCN(CCCCN(CCc2ccccn2)CCc2ccccn2)CCc2ccccn2)nc1. The molecule has 0 aliphatic heterocycles. The Morgan fingerprint density at radius 1 is 0.368 bits per heavy atom. The second-order valence-electron chi connectivity index (χ2n) is 9.67. The summed E-state index contributed by atoms with van der Waals surface area (Å²) in [5.41, 5.74) is 4.63. The number of hydrogen-bond acceptors (Lipinski definition) is 6. The molecule has 198 valence electrons. The van der Waals surface area contributed by atoms with Crippen LogP contribution in [0.5, 0.6) is 0 Å². The molecule has 38 heavy (non-hydrogen) atoms. The average Bonchev–Trinajstić information content (AvgIpc) is 2.99. The summed E-state index contributed by atoms with van der Waals surface area (Å²) >= 11 is 0. The third-order valence-corrected chi connectivity index (χ3v) is 6.84. The molecule has 0 fully saturated rings. The molecule has 4 rings (SSSR count). The molecule has 0 aliphatic carbocycles. The van der Waals surface area contributed by atoms with Gasteiger partial charge in [-0.15, -0.1) is 0 Å². The minimum Gasteiger partial charge on any atom is -0.303 e. The molecule has 0 bridgehead atoms. The van der Waals surface area contributed by atoms with Crippen molar-refractivity contribution in [3.63, 3.8) is 0 Å². The van der Waals surface area contributed by atoms with Crippen LogP contribution in [-0.4, -0.2) is 69.0 Å². The van der Waals surface area contributed by atoms with E-state index in [-0.39, 0.29) is 0 Å². The molecular weight excluding hydrogens is 468 g/mol. The lowest BCUT2D eigenvalue weighted by atomic mass is 10.2. The van der Waals surface area contributed by atoms with Gasteiger partial charge in [-0.1, -0.05) is 24.3 Å². The minimum atomic E-state index is 0.976. The molecule has 6 heteroatoms. The summed E-state index contributed by atoms with van der Waals surface area (Å²) in [5, 5.41) is 0. The van der Waals surface area contributed by atoms with E-state index in [2.05, 4.69) is 78.3 Å². The van der Waals surface area contributed by atoms with Gasteiger partial charge >= 0.3 is 0 Å². The topological polar surface area (TPSA) is 58.0 Å². The Bertz CT molecular complexity index is 946. The average molecular weight is 509 g/mol. The summed E-state index contributed by atoms with van der Waals surface area (Å²) in [6.07, 6.45) is 13.8. The third-order valence-electron chi connectivity index (χ3n) is 6.84. The van der Waals surface area contributed by atoms with Crippen molar-refractivity contribution in [2.75, 3.05) is 39.3 Å². The Kier molecular flexibility index (Phi) is 11.9. The van der Waals surface area contributed by atoms with Crippen molar-refractivity contribution in [1.82, 2.24) is 29.7 Å². The van der Waals surface area contributed by atoms with Gasteiger partial charge in [-0.2, -0.15) is 0 Å². The zero-order valence-electron chi connectivity index (χ0n) is 22.4. The Hall–Kier alpha value is -3.48. The van der Waals surface area contributed by atoms with Gasteiger partial charge in [0.1, 0.15) is 0 Å². The van der Waals surface area contributed by atoms with E-state index in [4.69, 9.17) is 0 Å². The minimum absolute atomic E-state index is 0.976. The molecule has 0 aliphatic rings. The molecule has 0 saturated heterocycles. The van der Waals surface area contributed by atoms with Gasteiger partial charge in [-0.3, -0.25) is 19.9 Å². The molecule has 4 aromatic rings. The van der Waals surface area contributed by atoms with Crippen LogP contribution in [0.1, 0.15) is 35.6 Å². The molecule has 0 aromatic carbocycles. The number of aromatic nitrogens is 4. The van der Waals surface area contributed by atoms with E-state index < -0.39 is 0 Å². The summed E-state index contributed by atoms with van der Waals surface area (Å²) in [4.78, 5) is 23.3. The van der Waals surface area contributed by atoms with E-state index in [1.165, 1.54) is 12.8 Å². The van der Waals surface area contributed by atoms with E-state index in [1.807, 2.05) is 49.1 Å². The first-order valence-electron chi connectivity index (χ1n) is 13.9. The molecular formula is C32H40N6. The van der Waals surface area contributed by atoms with Crippen molar-refractivity contribution in [3.05, 3.63) is 120 Å². The predicted octanol–water partition coefficient (Wildman–Crippen LogP) is 4.92. The van der Waals surface area contributed by atoms with Gasteiger partial charge in [0.2, 0.25) is 0 Å². The molecule has 4 aromatic heterocycles. The monoisotopic (exact) mass is 508 g/mol. The Morgan fingerprint density at radius 2 is 0.658 bits per heavy atom. The van der Waals surface area contributed by atoms with E-state index in [0.29, 0.717) is 0 Å². The third kappa shape index (κ3) is 10.5. The van der Waals surface area contributed by atoms with Crippen LogP contribution in [0.25, 0.3) is 0 Å². The van der Waals surface area contributed by atoms with Gasteiger partial charge in [0.15, 0.2) is 0 Å². The van der Waals surface area contributed by atoms with Crippen LogP contribution < -0.4 is 0 Å². The highest BCUT2D eigenvalue weighted by atomic mass is 15.1. The standard InChI is InChI=1S/C32H40N6/c1-5-19-33-29(11-1)15-25-37(26-16-30-12-2-6-20-34-30)23-9-10-24-38(27-17-31-13-3-7-21-35-31)28-18-32-14-4-8-22-36-32/h1-8,11-14,19-22H,9-10,15-18,23-28H2. The quantitative estimate of drug-likeness (QED) is 0.189. The van der Waals surface area contributed by atoms with Crippen LogP contribution in [0.3, 0.4) is 0 Å². The summed E-state index contributed by atoms with van der Waals surface area (Å²) in [5.74, 6) is 0. The van der Waals surface area contributed by atoms with Gasteiger partial charge in [-0.05, 0) is 74.5 Å². The lowest BCUT2D eigenvalue weighted by Gasteiger charge is -2.24. The van der Waals surface area contributed by atoms with Crippen molar-refractivity contribution in [3.8, 4) is 0 Å². The summed E-state index contributed by atoms with van der Waals surface area (Å²) in [6.45, 7) is 6.27. The van der Waals surface area contributed by atoms with E-state index in [9.17, 15) is 0 Å². The van der Waals surface area contributed by atoms with Crippen molar-refractivity contribution in [1.29, 1.82) is 0 Å². The fourth-order valence-corrected chi connectivity index (χ4v) is 4.62. The molecule has 0 unspecified atom stereocenters. The highest BCUT2D eigenvalue weighted by Gasteiger charge is 2.10. The number of hydrogen-bond donors (Lipinski definition) is 0. The lowest BCUT2D eigenvalue weighted by molar-refractivity contribution is 0.244. The maximum absolute atomic E-state index is 4.52. The van der Waals surface area contributed by atoms with Crippen LogP contribution in [-0.2, 0) is 25.7 Å². The molecule has 4 heterocycles. The van der Waals surface area contributed by atoms with Crippen molar-refractivity contribution < 1.29 is 0 Å². The predicted molar refractivity (Wildman–Crippen MR) is 154 cm³/mol. The molecule has 6 nitrogen and oxygen atoms in total. The Balaban J connectivity index is 1.27. The number of nitrogens with zero attached hydrogens (tertiary/aromatic N) is 6. The number of pyridine rings is 4. The normalized spacial score (nSPS) is 11.3. The summed E-state index contributed by atoms with van der Waals surface area (Å²) < 4.78 is 0. The van der Waals surface area contributed by atoms with Gasteiger partial charge in [0, 0.05) is 99.4 Å². The zero-order chi connectivity index (χ0) is 26.1. The van der Waals surface area contributed by atoms with Gasteiger partial charge in [0.25, 0.3) is 0 Å². The summed E-state index contributed by atoms with van der Waals surface area (Å²) in [7, 11) is 0. The van der Waals surface area contributed by atoms with E-state index in [1.54, 1.807) is 0 Å². The molecule has 0 atom stereocenters. The highest BCUT2D eigenvalue weighted by molar-refractivity contribution is 5.06. The number of unbranched alkanes of at least 4 members (excludes halogenated alkanes) is 1. The molecule has 0 saturated carbocycles. The first kappa shape index (κ1) is 27.6. The maximum atomic E-state index is 4.52. The highest BCUT2D eigenvalue weighted by Crippen LogP contribution is 2.07. The van der Waals surface area contributed by atoms with Gasteiger partial charge in [0.05, 0.1) is 0 Å². The largest absolute Gasteiger partial charge is 0.303 e. The van der Waals surface area contributed by atoms with Crippen molar-refractivity contribution in [2.24, 2.45) is 0 Å². The molecule has 0 amide bonds. The molecule has 0 N–H and O–H groups in total.